The van der Waals surface area contributed by atoms with Gasteiger partial charge >= 0.3 is 0 Å². The summed E-state index contributed by atoms with van der Waals surface area (Å²) in [7, 11) is 0. The van der Waals surface area contributed by atoms with Gasteiger partial charge in [0.05, 0.1) is 0 Å². The fourth-order valence-electron chi connectivity index (χ4n) is 2.34. The molecule has 0 saturated heterocycles. The minimum Gasteiger partial charge on any atom is -0.486 e. The molecule has 0 amide bonds. The zero-order chi connectivity index (χ0) is 16.4. The van der Waals surface area contributed by atoms with E-state index < -0.39 is 0 Å². The van der Waals surface area contributed by atoms with Crippen molar-refractivity contribution in [3.63, 3.8) is 0 Å². The molecule has 24 heavy (non-hydrogen) atoms. The lowest BCUT2D eigenvalue weighted by Gasteiger charge is -2.18. The third-order valence-electron chi connectivity index (χ3n) is 3.52. The van der Waals surface area contributed by atoms with E-state index in [1.807, 2.05) is 18.2 Å². The molecule has 1 aliphatic rings. The van der Waals surface area contributed by atoms with E-state index in [9.17, 15) is 4.39 Å². The van der Waals surface area contributed by atoms with Gasteiger partial charge in [-0.05, 0) is 42.0 Å². The van der Waals surface area contributed by atoms with Gasteiger partial charge in [-0.25, -0.2) is 4.39 Å². The Kier molecular flexibility index (Phi) is 3.70. The number of hydrogen-bond donors (Lipinski definition) is 0. The second-order valence-electron chi connectivity index (χ2n) is 5.19. The molecular weight excluding hydrogens is 311 g/mol. The summed E-state index contributed by atoms with van der Waals surface area (Å²) in [6, 6.07) is 11.6. The van der Waals surface area contributed by atoms with Crippen LogP contribution in [-0.2, 0) is 0 Å². The number of hydrogen-bond acceptors (Lipinski definition) is 5. The lowest BCUT2D eigenvalue weighted by atomic mass is 10.2. The van der Waals surface area contributed by atoms with Crippen LogP contribution in [0.15, 0.2) is 46.9 Å². The molecule has 2 aromatic carbocycles. The summed E-state index contributed by atoms with van der Waals surface area (Å²) in [5.74, 6) is 1.86. The summed E-state index contributed by atoms with van der Waals surface area (Å²) in [5.41, 5.74) is 1.60. The molecule has 0 fully saturated rings. The van der Waals surface area contributed by atoms with Crippen LogP contribution in [-0.4, -0.2) is 23.4 Å². The number of ether oxygens (including phenoxy) is 2. The lowest BCUT2D eigenvalue weighted by molar-refractivity contribution is 0.171. The Balaban J connectivity index is 1.55. The van der Waals surface area contributed by atoms with Crippen molar-refractivity contribution in [2.24, 2.45) is 0 Å². The first-order valence-corrected chi connectivity index (χ1v) is 7.45. The molecule has 0 spiro atoms. The van der Waals surface area contributed by atoms with Crippen LogP contribution >= 0.6 is 0 Å². The van der Waals surface area contributed by atoms with Crippen LogP contribution in [0, 0.1) is 5.82 Å². The average Bonchev–Trinajstić information content (AvgIpc) is 3.10. The van der Waals surface area contributed by atoms with Crippen molar-refractivity contribution in [3.05, 3.63) is 59.7 Å². The number of fused-ring (bicyclic) bond motifs is 1. The SMILES string of the molecule is Fc1ccc(/C=C/c2nnc(-c3ccc4c(c3)OCCO4)o2)cc1. The van der Waals surface area contributed by atoms with E-state index in [-0.39, 0.29) is 5.82 Å². The molecule has 1 aliphatic heterocycles. The van der Waals surface area contributed by atoms with Gasteiger partial charge in [0.25, 0.3) is 0 Å². The van der Waals surface area contributed by atoms with E-state index in [2.05, 4.69) is 10.2 Å². The molecule has 2 heterocycles. The zero-order valence-corrected chi connectivity index (χ0v) is 12.6. The maximum Gasteiger partial charge on any atom is 0.248 e. The van der Waals surface area contributed by atoms with Crippen LogP contribution in [0.4, 0.5) is 4.39 Å². The Morgan fingerprint density at radius 1 is 0.875 bits per heavy atom. The fraction of sp³-hybridized carbons (Fsp3) is 0.111. The summed E-state index contributed by atoms with van der Waals surface area (Å²) in [6.07, 6.45) is 3.46. The van der Waals surface area contributed by atoms with Crippen LogP contribution in [0.25, 0.3) is 23.6 Å². The van der Waals surface area contributed by atoms with E-state index in [0.717, 1.165) is 11.1 Å². The van der Waals surface area contributed by atoms with Gasteiger partial charge in [-0.1, -0.05) is 12.1 Å². The normalized spacial score (nSPS) is 13.4. The van der Waals surface area contributed by atoms with Gasteiger partial charge in [0.2, 0.25) is 11.8 Å². The minimum atomic E-state index is -0.272. The van der Waals surface area contributed by atoms with Crippen molar-refractivity contribution < 1.29 is 18.3 Å². The number of halogens is 1. The number of nitrogens with zero attached hydrogens (tertiary/aromatic N) is 2. The second kappa shape index (κ2) is 6.16. The Bertz CT molecular complexity index is 888. The number of rotatable bonds is 3. The topological polar surface area (TPSA) is 57.4 Å². The Morgan fingerprint density at radius 3 is 2.50 bits per heavy atom. The molecule has 0 unspecified atom stereocenters. The molecule has 5 nitrogen and oxygen atoms in total. The van der Waals surface area contributed by atoms with Gasteiger partial charge in [0.1, 0.15) is 19.0 Å². The van der Waals surface area contributed by atoms with Crippen LogP contribution in [0.5, 0.6) is 11.5 Å². The smallest absolute Gasteiger partial charge is 0.248 e. The first kappa shape index (κ1) is 14.4. The molecule has 1 aromatic heterocycles. The quantitative estimate of drug-likeness (QED) is 0.733. The predicted molar refractivity (Wildman–Crippen MR) is 86.1 cm³/mol. The molecule has 0 N–H and O–H groups in total. The van der Waals surface area contributed by atoms with Crippen molar-refractivity contribution in [1.82, 2.24) is 10.2 Å². The maximum atomic E-state index is 12.9. The molecule has 3 aromatic rings. The average molecular weight is 324 g/mol. The highest BCUT2D eigenvalue weighted by Crippen LogP contribution is 2.34. The van der Waals surface area contributed by atoms with E-state index in [1.54, 1.807) is 24.3 Å². The van der Waals surface area contributed by atoms with Crippen LogP contribution in [0.3, 0.4) is 0 Å². The van der Waals surface area contributed by atoms with Crippen molar-refractivity contribution in [2.75, 3.05) is 13.2 Å². The van der Waals surface area contributed by atoms with Crippen LogP contribution in [0.1, 0.15) is 11.5 Å². The molecule has 4 rings (SSSR count). The van der Waals surface area contributed by atoms with Gasteiger partial charge < -0.3 is 13.9 Å². The van der Waals surface area contributed by atoms with Crippen molar-refractivity contribution in [3.8, 4) is 23.0 Å². The Hall–Kier alpha value is -3.15. The molecule has 0 saturated carbocycles. The molecule has 0 bridgehead atoms. The number of aromatic nitrogens is 2. The van der Waals surface area contributed by atoms with Crippen LogP contribution in [0.2, 0.25) is 0 Å². The monoisotopic (exact) mass is 324 g/mol. The van der Waals surface area contributed by atoms with Gasteiger partial charge in [-0.3, -0.25) is 0 Å². The highest BCUT2D eigenvalue weighted by Gasteiger charge is 2.15. The molecule has 6 heteroatoms. The largest absolute Gasteiger partial charge is 0.486 e. The van der Waals surface area contributed by atoms with Gasteiger partial charge in [-0.15, -0.1) is 10.2 Å². The van der Waals surface area contributed by atoms with Crippen molar-refractivity contribution in [2.45, 2.75) is 0 Å². The summed E-state index contributed by atoms with van der Waals surface area (Å²) >= 11 is 0. The summed E-state index contributed by atoms with van der Waals surface area (Å²) < 4.78 is 29.5. The standard InChI is InChI=1S/C18H13FN2O3/c19-14-5-1-12(2-6-14)3-8-17-20-21-18(24-17)13-4-7-15-16(11-13)23-10-9-22-15/h1-8,11H,9-10H2/b8-3+. The van der Waals surface area contributed by atoms with Gasteiger partial charge in [0, 0.05) is 11.6 Å². The van der Waals surface area contributed by atoms with Gasteiger partial charge in [0.15, 0.2) is 11.5 Å². The fourth-order valence-corrected chi connectivity index (χ4v) is 2.34. The highest BCUT2D eigenvalue weighted by molar-refractivity contribution is 5.67. The molecule has 0 atom stereocenters. The molecule has 0 aliphatic carbocycles. The predicted octanol–water partition coefficient (Wildman–Crippen LogP) is 3.82. The Labute approximate surface area is 137 Å². The number of benzene rings is 2. The Morgan fingerprint density at radius 2 is 1.67 bits per heavy atom. The molecule has 0 radical (unpaired) electrons. The lowest BCUT2D eigenvalue weighted by Crippen LogP contribution is -2.15. The van der Waals surface area contributed by atoms with Gasteiger partial charge in [-0.2, -0.15) is 0 Å². The highest BCUT2D eigenvalue weighted by atomic mass is 19.1. The first-order chi connectivity index (χ1) is 11.8. The van der Waals surface area contributed by atoms with E-state index in [0.29, 0.717) is 36.5 Å². The van der Waals surface area contributed by atoms with Crippen molar-refractivity contribution >= 4 is 12.2 Å². The second-order valence-corrected chi connectivity index (χ2v) is 5.19. The summed E-state index contributed by atoms with van der Waals surface area (Å²) in [6.45, 7) is 1.07. The van der Waals surface area contributed by atoms with E-state index in [4.69, 9.17) is 13.9 Å². The third kappa shape index (κ3) is 2.99. The summed E-state index contributed by atoms with van der Waals surface area (Å²) in [4.78, 5) is 0. The molecule has 120 valence electrons. The van der Waals surface area contributed by atoms with E-state index >= 15 is 0 Å². The minimum absolute atomic E-state index is 0.272. The molecular formula is C18H13FN2O3. The van der Waals surface area contributed by atoms with E-state index in [1.165, 1.54) is 12.1 Å². The third-order valence-corrected chi connectivity index (χ3v) is 3.52. The first-order valence-electron chi connectivity index (χ1n) is 7.45. The summed E-state index contributed by atoms with van der Waals surface area (Å²) in [5, 5.41) is 8.03. The van der Waals surface area contributed by atoms with Crippen LogP contribution < -0.4 is 9.47 Å². The van der Waals surface area contributed by atoms with Crippen molar-refractivity contribution in [1.29, 1.82) is 0 Å². The maximum absolute atomic E-state index is 12.9. The zero-order valence-electron chi connectivity index (χ0n) is 12.6.